The van der Waals surface area contributed by atoms with Crippen LogP contribution in [0.5, 0.6) is 5.75 Å². The average Bonchev–Trinajstić information content (AvgIpc) is 2.46. The van der Waals surface area contributed by atoms with Crippen molar-refractivity contribution in [3.63, 3.8) is 0 Å². The predicted octanol–water partition coefficient (Wildman–Crippen LogP) is 3.28. The Morgan fingerprint density at radius 3 is 2.84 bits per heavy atom. The molecule has 0 fully saturated rings. The number of ether oxygens (including phenoxy) is 1. The van der Waals surface area contributed by atoms with Gasteiger partial charge in [0.05, 0.1) is 0 Å². The van der Waals surface area contributed by atoms with Crippen molar-refractivity contribution in [2.75, 3.05) is 26.7 Å². The number of rotatable bonds is 2. The SMILES string of the molecule is CN1CC=C(/C=C/C2=Cc3ccccc3OC2)CC1. The van der Waals surface area contributed by atoms with Gasteiger partial charge in [0.2, 0.25) is 0 Å². The Kier molecular flexibility index (Phi) is 3.51. The van der Waals surface area contributed by atoms with Crippen molar-refractivity contribution < 1.29 is 4.74 Å². The molecule has 1 aromatic rings. The van der Waals surface area contributed by atoms with E-state index in [0.29, 0.717) is 6.61 Å². The second-order valence-electron chi connectivity index (χ2n) is 5.17. The van der Waals surface area contributed by atoms with Crippen LogP contribution in [0.3, 0.4) is 0 Å². The lowest BCUT2D eigenvalue weighted by Gasteiger charge is -2.20. The minimum Gasteiger partial charge on any atom is -0.488 e. The van der Waals surface area contributed by atoms with Gasteiger partial charge in [-0.25, -0.2) is 0 Å². The summed E-state index contributed by atoms with van der Waals surface area (Å²) in [6, 6.07) is 8.17. The maximum Gasteiger partial charge on any atom is 0.127 e. The molecule has 0 saturated heterocycles. The monoisotopic (exact) mass is 253 g/mol. The van der Waals surface area contributed by atoms with E-state index in [1.165, 1.54) is 16.7 Å². The van der Waals surface area contributed by atoms with E-state index in [0.717, 1.165) is 25.3 Å². The van der Waals surface area contributed by atoms with E-state index < -0.39 is 0 Å². The first-order chi connectivity index (χ1) is 9.31. The van der Waals surface area contributed by atoms with E-state index in [4.69, 9.17) is 4.74 Å². The number of hydrogen-bond acceptors (Lipinski definition) is 2. The van der Waals surface area contributed by atoms with Crippen molar-refractivity contribution in [1.29, 1.82) is 0 Å². The molecule has 98 valence electrons. The van der Waals surface area contributed by atoms with E-state index in [-0.39, 0.29) is 0 Å². The maximum atomic E-state index is 5.75. The second kappa shape index (κ2) is 5.45. The molecular formula is C17H19NO. The Morgan fingerprint density at radius 2 is 2.00 bits per heavy atom. The zero-order valence-electron chi connectivity index (χ0n) is 11.3. The second-order valence-corrected chi connectivity index (χ2v) is 5.17. The topological polar surface area (TPSA) is 12.5 Å². The highest BCUT2D eigenvalue weighted by molar-refractivity contribution is 5.64. The Labute approximate surface area is 114 Å². The van der Waals surface area contributed by atoms with Crippen LogP contribution < -0.4 is 4.74 Å². The molecule has 2 aliphatic rings. The van der Waals surface area contributed by atoms with E-state index in [1.54, 1.807) is 0 Å². The molecule has 2 aliphatic heterocycles. The summed E-state index contributed by atoms with van der Waals surface area (Å²) in [7, 11) is 2.16. The van der Waals surface area contributed by atoms with E-state index >= 15 is 0 Å². The van der Waals surface area contributed by atoms with E-state index in [9.17, 15) is 0 Å². The van der Waals surface area contributed by atoms with Crippen LogP contribution in [-0.4, -0.2) is 31.6 Å². The fraction of sp³-hybridized carbons (Fsp3) is 0.294. The molecule has 0 amide bonds. The number of para-hydroxylation sites is 1. The van der Waals surface area contributed by atoms with Crippen molar-refractivity contribution in [2.45, 2.75) is 6.42 Å². The number of hydrogen-bond donors (Lipinski definition) is 0. The fourth-order valence-electron chi connectivity index (χ4n) is 2.38. The average molecular weight is 253 g/mol. The summed E-state index contributed by atoms with van der Waals surface area (Å²) >= 11 is 0. The smallest absolute Gasteiger partial charge is 0.127 e. The minimum absolute atomic E-state index is 0.667. The van der Waals surface area contributed by atoms with Gasteiger partial charge in [-0.3, -0.25) is 0 Å². The Balaban J connectivity index is 1.73. The number of benzene rings is 1. The molecule has 2 heteroatoms. The molecular weight excluding hydrogens is 234 g/mol. The molecule has 19 heavy (non-hydrogen) atoms. The van der Waals surface area contributed by atoms with E-state index in [1.807, 2.05) is 18.2 Å². The molecule has 0 atom stereocenters. The van der Waals surface area contributed by atoms with Crippen LogP contribution in [0.4, 0.5) is 0 Å². The van der Waals surface area contributed by atoms with Gasteiger partial charge in [0.25, 0.3) is 0 Å². The first-order valence-electron chi connectivity index (χ1n) is 6.79. The number of nitrogens with zero attached hydrogens (tertiary/aromatic N) is 1. The molecule has 0 aromatic heterocycles. The van der Waals surface area contributed by atoms with Gasteiger partial charge < -0.3 is 9.64 Å². The molecule has 0 saturated carbocycles. The maximum absolute atomic E-state index is 5.75. The van der Waals surface area contributed by atoms with Crippen LogP contribution in [0, 0.1) is 0 Å². The van der Waals surface area contributed by atoms with Crippen molar-refractivity contribution in [3.05, 3.63) is 59.2 Å². The molecule has 0 N–H and O–H groups in total. The van der Waals surface area contributed by atoms with Crippen molar-refractivity contribution in [3.8, 4) is 5.75 Å². The summed E-state index contributed by atoms with van der Waals surface area (Å²) < 4.78 is 5.75. The Morgan fingerprint density at radius 1 is 1.16 bits per heavy atom. The Bertz CT molecular complexity index is 554. The predicted molar refractivity (Wildman–Crippen MR) is 79.3 cm³/mol. The number of fused-ring (bicyclic) bond motifs is 1. The van der Waals surface area contributed by atoms with Gasteiger partial charge in [0, 0.05) is 18.7 Å². The van der Waals surface area contributed by atoms with Gasteiger partial charge in [-0.1, -0.05) is 36.4 Å². The van der Waals surface area contributed by atoms with Gasteiger partial charge in [-0.15, -0.1) is 0 Å². The highest BCUT2D eigenvalue weighted by Crippen LogP contribution is 2.26. The van der Waals surface area contributed by atoms with E-state index in [2.05, 4.69) is 42.3 Å². The van der Waals surface area contributed by atoms with Gasteiger partial charge in [-0.2, -0.15) is 0 Å². The summed E-state index contributed by atoms with van der Waals surface area (Å²) in [6.07, 6.45) is 10.1. The van der Waals surface area contributed by atoms with Crippen LogP contribution in [0.2, 0.25) is 0 Å². The third-order valence-corrected chi connectivity index (χ3v) is 3.61. The van der Waals surface area contributed by atoms with Crippen molar-refractivity contribution in [2.24, 2.45) is 0 Å². The highest BCUT2D eigenvalue weighted by Gasteiger charge is 2.09. The molecule has 3 rings (SSSR count). The number of allylic oxidation sites excluding steroid dienone is 1. The van der Waals surface area contributed by atoms with Crippen LogP contribution in [0.1, 0.15) is 12.0 Å². The first-order valence-corrected chi connectivity index (χ1v) is 6.79. The third kappa shape index (κ3) is 2.96. The molecule has 0 radical (unpaired) electrons. The Hall–Kier alpha value is -1.80. The first kappa shape index (κ1) is 12.2. The van der Waals surface area contributed by atoms with Gasteiger partial charge in [-0.05, 0) is 36.8 Å². The molecule has 0 bridgehead atoms. The largest absolute Gasteiger partial charge is 0.488 e. The summed E-state index contributed by atoms with van der Waals surface area (Å²) in [4.78, 5) is 2.33. The van der Waals surface area contributed by atoms with Crippen molar-refractivity contribution >= 4 is 6.08 Å². The molecule has 1 aromatic carbocycles. The summed E-state index contributed by atoms with van der Waals surface area (Å²) in [5, 5.41) is 0. The minimum atomic E-state index is 0.667. The van der Waals surface area contributed by atoms with Crippen LogP contribution >= 0.6 is 0 Å². The summed E-state index contributed by atoms with van der Waals surface area (Å²) in [5.41, 5.74) is 3.84. The van der Waals surface area contributed by atoms with Gasteiger partial charge in [0.1, 0.15) is 12.4 Å². The normalized spacial score (nSPS) is 19.6. The zero-order chi connectivity index (χ0) is 13.1. The summed E-state index contributed by atoms with van der Waals surface area (Å²) in [5.74, 6) is 0.984. The highest BCUT2D eigenvalue weighted by atomic mass is 16.5. The lowest BCUT2D eigenvalue weighted by molar-refractivity contribution is 0.351. The number of likely N-dealkylation sites (N-methyl/N-ethyl adjacent to an activating group) is 1. The third-order valence-electron chi connectivity index (χ3n) is 3.61. The van der Waals surface area contributed by atoms with Crippen LogP contribution in [-0.2, 0) is 0 Å². The lowest BCUT2D eigenvalue weighted by atomic mass is 10.0. The standard InChI is InChI=1S/C17H19NO/c1-18-10-8-14(9-11-18)6-7-15-12-16-4-2-3-5-17(16)19-13-15/h2-8,12H,9-11,13H2,1H3/b7-6+. The van der Waals surface area contributed by atoms with Crippen LogP contribution in [0.25, 0.3) is 6.08 Å². The lowest BCUT2D eigenvalue weighted by Crippen LogP contribution is -2.23. The molecule has 0 unspecified atom stereocenters. The fourth-order valence-corrected chi connectivity index (χ4v) is 2.38. The van der Waals surface area contributed by atoms with Gasteiger partial charge >= 0.3 is 0 Å². The van der Waals surface area contributed by atoms with Crippen LogP contribution in [0.15, 0.2) is 53.6 Å². The molecule has 2 nitrogen and oxygen atoms in total. The zero-order valence-corrected chi connectivity index (χ0v) is 11.3. The molecule has 0 spiro atoms. The van der Waals surface area contributed by atoms with Crippen molar-refractivity contribution in [1.82, 2.24) is 4.90 Å². The molecule has 2 heterocycles. The van der Waals surface area contributed by atoms with Gasteiger partial charge in [0.15, 0.2) is 0 Å². The quantitative estimate of drug-likeness (QED) is 0.802. The summed E-state index contributed by atoms with van der Waals surface area (Å²) in [6.45, 7) is 2.87. The molecule has 0 aliphatic carbocycles.